The van der Waals surface area contributed by atoms with E-state index in [2.05, 4.69) is 15.4 Å². The van der Waals surface area contributed by atoms with Gasteiger partial charge in [0.05, 0.1) is 5.56 Å². The Hall–Kier alpha value is -1.40. The maximum absolute atomic E-state index is 12.2. The smallest absolute Gasteiger partial charge is 0.387 e. The van der Waals surface area contributed by atoms with Crippen molar-refractivity contribution in [2.45, 2.75) is 26.5 Å². The third-order valence-corrected chi connectivity index (χ3v) is 2.47. The Morgan fingerprint density at radius 3 is 2.60 bits per heavy atom. The summed E-state index contributed by atoms with van der Waals surface area (Å²) in [6.07, 6.45) is 0. The van der Waals surface area contributed by atoms with Crippen LogP contribution in [0.25, 0.3) is 0 Å². The van der Waals surface area contributed by atoms with Crippen LogP contribution in [0.4, 0.5) is 8.78 Å². The zero-order valence-corrected chi connectivity index (χ0v) is 12.2. The van der Waals surface area contributed by atoms with Crippen LogP contribution < -0.4 is 15.4 Å². The number of carbonyl (C=O) groups excluding carboxylic acids is 1. The molecular weight excluding hydrogens is 290 g/mol. The fourth-order valence-corrected chi connectivity index (χ4v) is 1.61. The topological polar surface area (TPSA) is 50.4 Å². The summed E-state index contributed by atoms with van der Waals surface area (Å²) in [5.74, 6) is -0.549. The molecule has 1 aromatic rings. The second-order valence-corrected chi connectivity index (χ2v) is 4.04. The largest absolute Gasteiger partial charge is 0.434 e. The summed E-state index contributed by atoms with van der Waals surface area (Å²) in [6, 6.07) is 6.04. The van der Waals surface area contributed by atoms with Gasteiger partial charge in [-0.1, -0.05) is 19.1 Å². The van der Waals surface area contributed by atoms with E-state index >= 15 is 0 Å². The van der Waals surface area contributed by atoms with Gasteiger partial charge >= 0.3 is 6.61 Å². The van der Waals surface area contributed by atoms with E-state index in [0.29, 0.717) is 6.54 Å². The van der Waals surface area contributed by atoms with Crippen LogP contribution in [0, 0.1) is 0 Å². The fourth-order valence-electron chi connectivity index (χ4n) is 1.61. The van der Waals surface area contributed by atoms with Gasteiger partial charge in [-0.15, -0.1) is 12.4 Å². The fraction of sp³-hybridized carbons (Fsp3) is 0.462. The quantitative estimate of drug-likeness (QED) is 0.813. The van der Waals surface area contributed by atoms with Crippen molar-refractivity contribution in [2.75, 3.05) is 13.1 Å². The molecule has 0 heterocycles. The summed E-state index contributed by atoms with van der Waals surface area (Å²) < 4.78 is 28.7. The lowest BCUT2D eigenvalue weighted by Crippen LogP contribution is -2.38. The number of alkyl halides is 2. The minimum absolute atomic E-state index is 0. The molecule has 20 heavy (non-hydrogen) atoms. The van der Waals surface area contributed by atoms with E-state index < -0.39 is 12.5 Å². The highest BCUT2D eigenvalue weighted by Crippen LogP contribution is 2.19. The Labute approximate surface area is 123 Å². The van der Waals surface area contributed by atoms with Crippen LogP contribution in [0.2, 0.25) is 0 Å². The zero-order valence-electron chi connectivity index (χ0n) is 11.4. The van der Waals surface area contributed by atoms with Crippen LogP contribution in [-0.2, 0) is 0 Å². The Morgan fingerprint density at radius 1 is 1.35 bits per heavy atom. The van der Waals surface area contributed by atoms with Gasteiger partial charge in [0.1, 0.15) is 5.75 Å². The Balaban J connectivity index is 0.00000361. The van der Waals surface area contributed by atoms with E-state index in [1.165, 1.54) is 18.2 Å². The van der Waals surface area contributed by atoms with Gasteiger partial charge in [0.15, 0.2) is 0 Å². The maximum Gasteiger partial charge on any atom is 0.387 e. The van der Waals surface area contributed by atoms with E-state index in [0.717, 1.165) is 6.54 Å². The van der Waals surface area contributed by atoms with Crippen molar-refractivity contribution in [2.24, 2.45) is 0 Å². The van der Waals surface area contributed by atoms with Crippen molar-refractivity contribution in [1.82, 2.24) is 10.6 Å². The van der Waals surface area contributed by atoms with Crippen LogP contribution in [0.3, 0.4) is 0 Å². The van der Waals surface area contributed by atoms with Crippen molar-refractivity contribution < 1.29 is 18.3 Å². The molecule has 0 aliphatic carbocycles. The van der Waals surface area contributed by atoms with Gasteiger partial charge in [0.25, 0.3) is 5.91 Å². The average molecular weight is 309 g/mol. The molecule has 7 heteroatoms. The first-order valence-corrected chi connectivity index (χ1v) is 6.10. The number of rotatable bonds is 7. The van der Waals surface area contributed by atoms with E-state index in [-0.39, 0.29) is 29.8 Å². The van der Waals surface area contributed by atoms with Crippen LogP contribution in [0.1, 0.15) is 24.2 Å². The number of nitrogens with one attached hydrogen (secondary N) is 2. The predicted molar refractivity (Wildman–Crippen MR) is 75.8 cm³/mol. The second kappa shape index (κ2) is 9.50. The number of likely N-dealkylation sites (N-methyl/N-ethyl adjacent to an activating group) is 1. The van der Waals surface area contributed by atoms with Crippen LogP contribution in [-0.4, -0.2) is 31.7 Å². The molecule has 0 aliphatic rings. The summed E-state index contributed by atoms with van der Waals surface area (Å²) in [4.78, 5) is 11.9. The molecule has 2 N–H and O–H groups in total. The van der Waals surface area contributed by atoms with Crippen molar-refractivity contribution in [3.63, 3.8) is 0 Å². The molecule has 1 amide bonds. The molecule has 0 saturated heterocycles. The monoisotopic (exact) mass is 308 g/mol. The number of halogens is 3. The van der Waals surface area contributed by atoms with E-state index in [1.54, 1.807) is 6.07 Å². The molecule has 1 rings (SSSR count). The average Bonchev–Trinajstić information content (AvgIpc) is 2.36. The summed E-state index contributed by atoms with van der Waals surface area (Å²) in [7, 11) is 0. The number of benzene rings is 1. The summed E-state index contributed by atoms with van der Waals surface area (Å²) in [5.41, 5.74) is 0.103. The Kier molecular flexibility index (Phi) is 8.83. The molecule has 0 saturated carbocycles. The first-order chi connectivity index (χ1) is 9.04. The molecule has 0 aromatic heterocycles. The summed E-state index contributed by atoms with van der Waals surface area (Å²) in [6.45, 7) is 2.14. The zero-order chi connectivity index (χ0) is 14.3. The minimum Gasteiger partial charge on any atom is -0.434 e. The van der Waals surface area contributed by atoms with Crippen molar-refractivity contribution in [1.29, 1.82) is 0 Å². The van der Waals surface area contributed by atoms with Gasteiger partial charge in [0, 0.05) is 12.6 Å². The number of para-hydroxylation sites is 1. The van der Waals surface area contributed by atoms with Crippen LogP contribution in [0.15, 0.2) is 24.3 Å². The maximum atomic E-state index is 12.2. The number of hydrogen-bond donors (Lipinski definition) is 2. The molecule has 0 unspecified atom stereocenters. The molecule has 0 radical (unpaired) electrons. The lowest BCUT2D eigenvalue weighted by atomic mass is 10.2. The number of hydrogen-bond acceptors (Lipinski definition) is 3. The predicted octanol–water partition coefficient (Wildman–Crippen LogP) is 2.44. The highest BCUT2D eigenvalue weighted by Gasteiger charge is 2.15. The molecule has 0 aliphatic heterocycles. The van der Waals surface area contributed by atoms with Crippen molar-refractivity contribution in [3.8, 4) is 5.75 Å². The van der Waals surface area contributed by atoms with Crippen LogP contribution >= 0.6 is 12.4 Å². The van der Waals surface area contributed by atoms with E-state index in [1.807, 2.05) is 13.8 Å². The summed E-state index contributed by atoms with van der Waals surface area (Å²) in [5, 5.41) is 5.80. The van der Waals surface area contributed by atoms with Crippen LogP contribution in [0.5, 0.6) is 5.75 Å². The minimum atomic E-state index is -2.95. The van der Waals surface area contributed by atoms with Gasteiger partial charge in [-0.2, -0.15) is 8.78 Å². The molecule has 114 valence electrons. The van der Waals surface area contributed by atoms with E-state index in [4.69, 9.17) is 0 Å². The lowest BCUT2D eigenvalue weighted by Gasteiger charge is -2.14. The van der Waals surface area contributed by atoms with Gasteiger partial charge in [0.2, 0.25) is 0 Å². The van der Waals surface area contributed by atoms with Gasteiger partial charge in [-0.05, 0) is 25.6 Å². The molecule has 4 nitrogen and oxygen atoms in total. The summed E-state index contributed by atoms with van der Waals surface area (Å²) >= 11 is 0. The van der Waals surface area contributed by atoms with Gasteiger partial charge < -0.3 is 15.4 Å². The standard InChI is InChI=1S/C13H18F2N2O2.ClH/c1-3-16-9(2)8-17-12(18)10-6-4-5-7-11(10)19-13(14)15;/h4-7,9,13,16H,3,8H2,1-2H3,(H,17,18);1H/t9-;/m1./s1. The third-order valence-electron chi connectivity index (χ3n) is 2.47. The number of amides is 1. The van der Waals surface area contributed by atoms with Gasteiger partial charge in [-0.3, -0.25) is 4.79 Å². The highest BCUT2D eigenvalue weighted by molar-refractivity contribution is 5.96. The first-order valence-electron chi connectivity index (χ1n) is 6.10. The molecule has 1 aromatic carbocycles. The highest BCUT2D eigenvalue weighted by atomic mass is 35.5. The molecular formula is C13H19ClF2N2O2. The van der Waals surface area contributed by atoms with Crippen molar-refractivity contribution >= 4 is 18.3 Å². The Morgan fingerprint density at radius 2 is 2.00 bits per heavy atom. The first kappa shape index (κ1) is 18.6. The molecule has 1 atom stereocenters. The van der Waals surface area contributed by atoms with Gasteiger partial charge in [-0.25, -0.2) is 0 Å². The third kappa shape index (κ3) is 6.16. The Bertz CT molecular complexity index is 419. The lowest BCUT2D eigenvalue weighted by molar-refractivity contribution is -0.0501. The molecule has 0 bridgehead atoms. The SMILES string of the molecule is CCN[C@H](C)CNC(=O)c1ccccc1OC(F)F.Cl. The van der Waals surface area contributed by atoms with Crippen molar-refractivity contribution in [3.05, 3.63) is 29.8 Å². The van der Waals surface area contributed by atoms with E-state index in [9.17, 15) is 13.6 Å². The molecule has 0 fully saturated rings. The number of carbonyl (C=O) groups is 1. The normalized spacial score (nSPS) is 11.7. The molecule has 0 spiro atoms. The second-order valence-electron chi connectivity index (χ2n) is 4.04. The number of ether oxygens (including phenoxy) is 1.